The van der Waals surface area contributed by atoms with Gasteiger partial charge in [-0.25, -0.2) is 20.1 Å². The van der Waals surface area contributed by atoms with Gasteiger partial charge in [0.05, 0.1) is 12.1 Å². The Kier molecular flexibility index (Phi) is 10.4. The molecule has 41 heavy (non-hydrogen) atoms. The molecule has 0 unspecified atom stereocenters. The van der Waals surface area contributed by atoms with Gasteiger partial charge in [-0.1, -0.05) is 65.1 Å². The molecule has 2 aromatic heterocycles. The number of thiazole rings is 1. The molecular weight excluding hydrogens is 613 g/mol. The highest BCUT2D eigenvalue weighted by molar-refractivity contribution is 7.15. The molecule has 0 bridgehead atoms. The second-order valence-corrected chi connectivity index (χ2v) is 10.9. The largest absolute Gasteiger partial charge is 0.341 e. The number of carbonyl (C=O) groups is 1. The highest BCUT2D eigenvalue weighted by Crippen LogP contribution is 2.29. The van der Waals surface area contributed by atoms with Gasteiger partial charge in [0.1, 0.15) is 23.7 Å². The number of aromatic nitrogens is 2. The van der Waals surface area contributed by atoms with Crippen LogP contribution in [0.5, 0.6) is 0 Å². The molecule has 1 amide bonds. The fourth-order valence-electron chi connectivity index (χ4n) is 3.74. The topological polar surface area (TPSA) is 126 Å². The van der Waals surface area contributed by atoms with Gasteiger partial charge in [0.25, 0.3) is 11.9 Å². The highest BCUT2D eigenvalue weighted by Gasteiger charge is 2.25. The minimum Gasteiger partial charge on any atom is -0.341 e. The fourth-order valence-corrected chi connectivity index (χ4v) is 5.06. The van der Waals surface area contributed by atoms with Gasteiger partial charge < -0.3 is 19.9 Å². The van der Waals surface area contributed by atoms with Crippen molar-refractivity contribution in [3.05, 3.63) is 108 Å². The van der Waals surface area contributed by atoms with Crippen molar-refractivity contribution in [2.75, 3.05) is 25.8 Å². The average Bonchev–Trinajstić information content (AvgIpc) is 3.36. The average molecular weight is 635 g/mol. The first-order valence-electron chi connectivity index (χ1n) is 11.8. The van der Waals surface area contributed by atoms with Gasteiger partial charge in [-0.3, -0.25) is 4.79 Å². The molecule has 0 saturated carbocycles. The molecule has 1 N–H and O–H groups in total. The standard InChI is InChI=1S/C18H12Cl2N2O.C8H10ClN5O3S/c19-13-9-7-12(8-10-13)14-4-1-2-6-16(14)22-18(23)15-5-3-11-21-17(15)20;1-12-4-17-5-13(8(12)11-14(15)16)3-6-2-10-7(9)18-6/h1-11H,(H,22,23);2H,3-5H2,1H3/b;11-8+. The molecule has 212 valence electrons. The van der Waals surface area contributed by atoms with Crippen molar-refractivity contribution in [3.8, 4) is 11.1 Å². The summed E-state index contributed by atoms with van der Waals surface area (Å²) in [6.45, 7) is 0.931. The number of benzene rings is 2. The van der Waals surface area contributed by atoms with Gasteiger partial charge in [-0.2, -0.15) is 0 Å². The smallest absolute Gasteiger partial charge is 0.277 e. The third-order valence-corrected chi connectivity index (χ3v) is 7.19. The van der Waals surface area contributed by atoms with Crippen LogP contribution in [0.1, 0.15) is 15.2 Å². The van der Waals surface area contributed by atoms with Crippen LogP contribution in [0, 0.1) is 10.1 Å². The normalized spacial score (nSPS) is 13.9. The Morgan fingerprint density at radius 2 is 1.85 bits per heavy atom. The van der Waals surface area contributed by atoms with Gasteiger partial charge in [-0.15, -0.1) is 11.3 Å². The van der Waals surface area contributed by atoms with E-state index in [9.17, 15) is 14.9 Å². The number of hydrogen-bond donors (Lipinski definition) is 1. The van der Waals surface area contributed by atoms with Gasteiger partial charge in [0, 0.05) is 40.6 Å². The molecular formula is C26H22Cl3N7O4S. The number of nitro groups is 1. The van der Waals surface area contributed by atoms with E-state index in [4.69, 9.17) is 39.5 Å². The predicted molar refractivity (Wildman–Crippen MR) is 160 cm³/mol. The lowest BCUT2D eigenvalue weighted by Gasteiger charge is -2.34. The van der Waals surface area contributed by atoms with Crippen molar-refractivity contribution < 1.29 is 14.6 Å². The number of hydrogen-bond acceptors (Lipinski definition) is 7. The van der Waals surface area contributed by atoms with Crippen LogP contribution in [0.3, 0.4) is 0 Å². The van der Waals surface area contributed by atoms with Gasteiger partial charge >= 0.3 is 0 Å². The number of rotatable bonds is 6. The summed E-state index contributed by atoms with van der Waals surface area (Å²) in [4.78, 5) is 34.9. The van der Waals surface area contributed by atoms with E-state index in [1.165, 1.54) is 11.3 Å². The monoisotopic (exact) mass is 633 g/mol. The lowest BCUT2D eigenvalue weighted by atomic mass is 10.0. The Morgan fingerprint density at radius 1 is 1.10 bits per heavy atom. The number of hydrazone groups is 1. The third-order valence-electron chi connectivity index (χ3n) is 5.53. The van der Waals surface area contributed by atoms with E-state index in [-0.39, 0.29) is 30.5 Å². The van der Waals surface area contributed by atoms with Crippen LogP contribution in [-0.4, -0.2) is 57.2 Å². The molecule has 0 radical (unpaired) electrons. The number of carbonyl (C=O) groups excluding carboxylic acids is 1. The maximum absolute atomic E-state index is 12.4. The number of guanidine groups is 1. The molecule has 0 spiro atoms. The van der Waals surface area contributed by atoms with E-state index in [2.05, 4.69) is 20.4 Å². The van der Waals surface area contributed by atoms with Crippen molar-refractivity contribution >= 4 is 63.7 Å². The van der Waals surface area contributed by atoms with Crippen molar-refractivity contribution in [2.24, 2.45) is 5.10 Å². The van der Waals surface area contributed by atoms with Crippen molar-refractivity contribution in [3.63, 3.8) is 0 Å². The number of nitrogens with one attached hydrogen (secondary N) is 1. The van der Waals surface area contributed by atoms with Crippen LogP contribution in [-0.2, 0) is 11.3 Å². The number of anilines is 1. The first-order chi connectivity index (χ1) is 19.7. The zero-order valence-corrected chi connectivity index (χ0v) is 24.5. The van der Waals surface area contributed by atoms with Crippen molar-refractivity contribution in [2.45, 2.75) is 6.54 Å². The van der Waals surface area contributed by atoms with Crippen molar-refractivity contribution in [1.82, 2.24) is 19.8 Å². The van der Waals surface area contributed by atoms with Crippen LogP contribution < -0.4 is 5.32 Å². The van der Waals surface area contributed by atoms with Crippen LogP contribution in [0.15, 0.2) is 78.2 Å². The number of amides is 1. The van der Waals surface area contributed by atoms with E-state index >= 15 is 0 Å². The Bertz CT molecular complexity index is 1550. The molecule has 0 atom stereocenters. The lowest BCUT2D eigenvalue weighted by Crippen LogP contribution is -2.49. The van der Waals surface area contributed by atoms with Gasteiger partial charge in [0.15, 0.2) is 9.50 Å². The summed E-state index contributed by atoms with van der Waals surface area (Å²) in [6.07, 6.45) is 3.17. The summed E-state index contributed by atoms with van der Waals surface area (Å²) >= 11 is 19.0. The van der Waals surface area contributed by atoms with E-state index in [0.717, 1.165) is 16.0 Å². The molecule has 0 aliphatic carbocycles. The van der Waals surface area contributed by atoms with E-state index in [1.54, 1.807) is 41.4 Å². The van der Waals surface area contributed by atoms with Crippen LogP contribution >= 0.6 is 46.1 Å². The molecule has 1 aliphatic rings. The fraction of sp³-hybridized carbons (Fsp3) is 0.154. The maximum atomic E-state index is 12.4. The summed E-state index contributed by atoms with van der Waals surface area (Å²) in [5, 5.41) is 16.9. The lowest BCUT2D eigenvalue weighted by molar-refractivity contribution is -0.486. The van der Waals surface area contributed by atoms with Crippen LogP contribution in [0.25, 0.3) is 11.1 Å². The Balaban J connectivity index is 0.000000195. The highest BCUT2D eigenvalue weighted by atomic mass is 35.5. The van der Waals surface area contributed by atoms with Crippen LogP contribution in [0.2, 0.25) is 14.6 Å². The van der Waals surface area contributed by atoms with Gasteiger partial charge in [0.2, 0.25) is 0 Å². The summed E-state index contributed by atoms with van der Waals surface area (Å²) in [5.41, 5.74) is 2.89. The molecule has 5 rings (SSSR count). The van der Waals surface area contributed by atoms with E-state index in [1.807, 2.05) is 48.5 Å². The maximum Gasteiger partial charge on any atom is 0.277 e. The number of ether oxygens (including phenoxy) is 1. The third kappa shape index (κ3) is 8.35. The number of para-hydroxylation sites is 1. The summed E-state index contributed by atoms with van der Waals surface area (Å²) < 4.78 is 5.72. The van der Waals surface area contributed by atoms with Crippen LogP contribution in [0.4, 0.5) is 5.69 Å². The van der Waals surface area contributed by atoms with Gasteiger partial charge in [-0.05, 0) is 35.9 Å². The molecule has 1 saturated heterocycles. The Morgan fingerprint density at radius 3 is 2.54 bits per heavy atom. The zero-order chi connectivity index (χ0) is 29.4. The SMILES string of the molecule is CN1COCN(Cc2cnc(Cl)s2)/C1=N/[N+](=O)[O-].O=C(Nc1ccccc1-c1ccc(Cl)cc1)c1cccnc1Cl. The number of halogens is 3. The predicted octanol–water partition coefficient (Wildman–Crippen LogP) is 6.33. The molecule has 1 fully saturated rings. The molecule has 15 heteroatoms. The second-order valence-electron chi connectivity index (χ2n) is 8.42. The summed E-state index contributed by atoms with van der Waals surface area (Å²) in [6, 6.07) is 18.3. The first kappa shape index (κ1) is 30.2. The Hall–Kier alpha value is -3.81. The van der Waals surface area contributed by atoms with E-state index in [0.29, 0.717) is 27.3 Å². The number of pyridine rings is 1. The Labute approximate surface area is 254 Å². The molecule has 1 aliphatic heterocycles. The number of nitrogens with zero attached hydrogens (tertiary/aromatic N) is 6. The van der Waals surface area contributed by atoms with E-state index < -0.39 is 5.03 Å². The van der Waals surface area contributed by atoms with Crippen molar-refractivity contribution in [1.29, 1.82) is 0 Å². The first-order valence-corrected chi connectivity index (χ1v) is 13.8. The molecule has 4 aromatic rings. The quantitative estimate of drug-likeness (QED) is 0.148. The summed E-state index contributed by atoms with van der Waals surface area (Å²) in [5.74, 6) is -0.0414. The molecule has 3 heterocycles. The second kappa shape index (κ2) is 14.2. The minimum atomic E-state index is -0.718. The zero-order valence-electron chi connectivity index (χ0n) is 21.4. The molecule has 11 nitrogen and oxygen atoms in total. The molecule has 2 aromatic carbocycles. The minimum absolute atomic E-state index is 0.175. The summed E-state index contributed by atoms with van der Waals surface area (Å²) in [7, 11) is 1.67.